The summed E-state index contributed by atoms with van der Waals surface area (Å²) < 4.78 is 14.8. The number of aliphatic hydroxyl groups is 1. The number of carbonyl (C=O) groups is 1. The number of amides is 1. The lowest BCUT2D eigenvalue weighted by Crippen LogP contribution is -2.36. The van der Waals surface area contributed by atoms with Gasteiger partial charge in [0.05, 0.1) is 23.9 Å². The summed E-state index contributed by atoms with van der Waals surface area (Å²) in [6.45, 7) is 5.52. The first-order valence-corrected chi connectivity index (χ1v) is 11.1. The molecule has 0 spiro atoms. The SMILES string of the molecule is Cc1c(C(=O)Nc2c(C)n(C)n(C3CCCCC3)c2=O)noc1[C@@H]1CC[C@](C)(O)CO1. The van der Waals surface area contributed by atoms with Crippen LogP contribution in [0.4, 0.5) is 5.69 Å². The third-order valence-electron chi connectivity index (χ3n) is 6.76. The normalized spacial score (nSPS) is 25.0. The zero-order valence-corrected chi connectivity index (χ0v) is 18.7. The minimum Gasteiger partial charge on any atom is -0.388 e. The Bertz CT molecular complexity index is 1020. The molecular formula is C22H32N4O5. The van der Waals surface area contributed by atoms with E-state index in [1.165, 1.54) is 6.42 Å². The molecule has 31 heavy (non-hydrogen) atoms. The molecule has 170 valence electrons. The molecule has 2 fully saturated rings. The van der Waals surface area contributed by atoms with E-state index >= 15 is 0 Å². The highest BCUT2D eigenvalue weighted by molar-refractivity contribution is 6.04. The van der Waals surface area contributed by atoms with Gasteiger partial charge in [0.2, 0.25) is 0 Å². The molecule has 1 saturated carbocycles. The van der Waals surface area contributed by atoms with Crippen molar-refractivity contribution < 1.29 is 19.2 Å². The second-order valence-corrected chi connectivity index (χ2v) is 9.24. The van der Waals surface area contributed by atoms with Gasteiger partial charge < -0.3 is 19.7 Å². The molecule has 9 heteroatoms. The van der Waals surface area contributed by atoms with Crippen LogP contribution in [-0.2, 0) is 11.8 Å². The summed E-state index contributed by atoms with van der Waals surface area (Å²) in [7, 11) is 1.86. The highest BCUT2D eigenvalue weighted by atomic mass is 16.5. The summed E-state index contributed by atoms with van der Waals surface area (Å²) in [6, 6.07) is 0.164. The van der Waals surface area contributed by atoms with Gasteiger partial charge in [0, 0.05) is 12.6 Å². The van der Waals surface area contributed by atoms with Gasteiger partial charge in [0.1, 0.15) is 11.8 Å². The van der Waals surface area contributed by atoms with Gasteiger partial charge in [-0.2, -0.15) is 0 Å². The fourth-order valence-corrected chi connectivity index (χ4v) is 4.73. The molecule has 9 nitrogen and oxygen atoms in total. The minimum atomic E-state index is -0.853. The van der Waals surface area contributed by atoms with Gasteiger partial charge >= 0.3 is 0 Å². The molecule has 1 aliphatic carbocycles. The maximum Gasteiger partial charge on any atom is 0.291 e. The zero-order chi connectivity index (χ0) is 22.3. The Balaban J connectivity index is 1.54. The van der Waals surface area contributed by atoms with E-state index in [4.69, 9.17) is 9.26 Å². The average Bonchev–Trinajstić information content (AvgIpc) is 3.22. The molecule has 0 radical (unpaired) electrons. The van der Waals surface area contributed by atoms with Crippen LogP contribution in [0.15, 0.2) is 9.32 Å². The summed E-state index contributed by atoms with van der Waals surface area (Å²) in [4.78, 5) is 26.1. The van der Waals surface area contributed by atoms with Crippen molar-refractivity contribution >= 4 is 11.6 Å². The fourth-order valence-electron chi connectivity index (χ4n) is 4.73. The van der Waals surface area contributed by atoms with E-state index in [-0.39, 0.29) is 35.7 Å². The third-order valence-corrected chi connectivity index (χ3v) is 6.76. The van der Waals surface area contributed by atoms with Gasteiger partial charge in [-0.25, -0.2) is 4.68 Å². The van der Waals surface area contributed by atoms with Crippen LogP contribution < -0.4 is 10.9 Å². The molecule has 2 aromatic heterocycles. The van der Waals surface area contributed by atoms with Crippen molar-refractivity contribution in [2.24, 2.45) is 7.05 Å². The third kappa shape index (κ3) is 4.08. The molecule has 0 unspecified atom stereocenters. The van der Waals surface area contributed by atoms with E-state index in [0.717, 1.165) is 25.7 Å². The maximum atomic E-state index is 13.1. The molecule has 2 aliphatic rings. The second kappa shape index (κ2) is 8.27. The standard InChI is InChI=1S/C22H32N4O5/c1-13-17(24-31-19(13)16-10-11-22(3,29)12-30-16)20(27)23-18-14(2)25(4)26(21(18)28)15-8-6-5-7-9-15/h15-16,29H,5-12H2,1-4H3,(H,23,27)/t16-,22-/m0/s1. The Kier molecular flexibility index (Phi) is 5.83. The van der Waals surface area contributed by atoms with E-state index in [9.17, 15) is 14.7 Å². The lowest BCUT2D eigenvalue weighted by Gasteiger charge is -2.32. The van der Waals surface area contributed by atoms with Crippen LogP contribution in [-0.4, -0.2) is 37.7 Å². The van der Waals surface area contributed by atoms with E-state index < -0.39 is 11.5 Å². The predicted octanol–water partition coefficient (Wildman–Crippen LogP) is 3.15. The Morgan fingerprint density at radius 3 is 2.58 bits per heavy atom. The number of anilines is 1. The number of ether oxygens (including phenoxy) is 1. The van der Waals surface area contributed by atoms with Gasteiger partial charge in [-0.15, -0.1) is 0 Å². The lowest BCUT2D eigenvalue weighted by atomic mass is 9.94. The van der Waals surface area contributed by atoms with E-state index in [0.29, 0.717) is 29.9 Å². The Morgan fingerprint density at radius 2 is 1.94 bits per heavy atom. The van der Waals surface area contributed by atoms with Gasteiger partial charge in [0.15, 0.2) is 11.5 Å². The highest BCUT2D eigenvalue weighted by Crippen LogP contribution is 2.35. The minimum absolute atomic E-state index is 0.141. The molecule has 2 aromatic rings. The number of carbonyl (C=O) groups excluding carboxylic acids is 1. The number of hydrogen-bond acceptors (Lipinski definition) is 6. The van der Waals surface area contributed by atoms with Crippen LogP contribution in [0.2, 0.25) is 0 Å². The van der Waals surface area contributed by atoms with Crippen LogP contribution in [0, 0.1) is 13.8 Å². The van der Waals surface area contributed by atoms with Gasteiger partial charge in [-0.3, -0.25) is 14.3 Å². The summed E-state index contributed by atoms with van der Waals surface area (Å²) in [5.41, 5.74) is 0.691. The van der Waals surface area contributed by atoms with Crippen LogP contribution in [0.5, 0.6) is 0 Å². The molecule has 2 atom stereocenters. The van der Waals surface area contributed by atoms with Crippen LogP contribution in [0.25, 0.3) is 0 Å². The van der Waals surface area contributed by atoms with E-state index in [1.54, 1.807) is 18.5 Å². The Hall–Kier alpha value is -2.39. The number of rotatable bonds is 4. The zero-order valence-electron chi connectivity index (χ0n) is 18.7. The van der Waals surface area contributed by atoms with Gasteiger partial charge in [-0.1, -0.05) is 24.4 Å². The van der Waals surface area contributed by atoms with Crippen molar-refractivity contribution in [2.45, 2.75) is 83.5 Å². The summed E-state index contributed by atoms with van der Waals surface area (Å²) in [5.74, 6) is 0.0157. The van der Waals surface area contributed by atoms with Crippen LogP contribution in [0.3, 0.4) is 0 Å². The smallest absolute Gasteiger partial charge is 0.291 e. The molecule has 0 bridgehead atoms. The highest BCUT2D eigenvalue weighted by Gasteiger charge is 2.34. The van der Waals surface area contributed by atoms with Crippen molar-refractivity contribution in [3.8, 4) is 0 Å². The number of nitrogens with zero attached hydrogens (tertiary/aromatic N) is 3. The van der Waals surface area contributed by atoms with Crippen LogP contribution >= 0.6 is 0 Å². The largest absolute Gasteiger partial charge is 0.388 e. The summed E-state index contributed by atoms with van der Waals surface area (Å²) in [6.07, 6.45) is 6.18. The van der Waals surface area contributed by atoms with Crippen molar-refractivity contribution in [3.63, 3.8) is 0 Å². The van der Waals surface area contributed by atoms with Gasteiger partial charge in [-0.05, 0) is 46.5 Å². The van der Waals surface area contributed by atoms with Crippen molar-refractivity contribution in [1.29, 1.82) is 0 Å². The first-order valence-electron chi connectivity index (χ1n) is 11.1. The first kappa shape index (κ1) is 21.8. The summed E-state index contributed by atoms with van der Waals surface area (Å²) in [5, 5.41) is 16.8. The first-order chi connectivity index (χ1) is 14.7. The predicted molar refractivity (Wildman–Crippen MR) is 114 cm³/mol. The molecule has 1 aliphatic heterocycles. The Morgan fingerprint density at radius 1 is 1.23 bits per heavy atom. The van der Waals surface area contributed by atoms with Crippen molar-refractivity contribution in [1.82, 2.24) is 14.5 Å². The van der Waals surface area contributed by atoms with Crippen molar-refractivity contribution in [2.75, 3.05) is 11.9 Å². The number of nitrogens with one attached hydrogen (secondary N) is 1. The molecule has 2 N–H and O–H groups in total. The summed E-state index contributed by atoms with van der Waals surface area (Å²) >= 11 is 0. The topological polar surface area (TPSA) is 112 Å². The average molecular weight is 433 g/mol. The maximum absolute atomic E-state index is 13.1. The molecule has 3 heterocycles. The van der Waals surface area contributed by atoms with E-state index in [2.05, 4.69) is 10.5 Å². The quantitative estimate of drug-likeness (QED) is 0.768. The number of aromatic nitrogens is 3. The number of hydrogen-bond donors (Lipinski definition) is 2. The molecular weight excluding hydrogens is 400 g/mol. The second-order valence-electron chi connectivity index (χ2n) is 9.24. The Labute approximate surface area is 181 Å². The van der Waals surface area contributed by atoms with Crippen molar-refractivity contribution in [3.05, 3.63) is 33.1 Å². The molecule has 0 aromatic carbocycles. The van der Waals surface area contributed by atoms with E-state index in [1.807, 2.05) is 18.7 Å². The fraction of sp³-hybridized carbons (Fsp3) is 0.682. The molecule has 1 amide bonds. The van der Waals surface area contributed by atoms with Gasteiger partial charge in [0.25, 0.3) is 11.5 Å². The monoisotopic (exact) mass is 432 g/mol. The van der Waals surface area contributed by atoms with Crippen LogP contribution in [0.1, 0.15) is 91.5 Å². The molecule has 1 saturated heterocycles. The lowest BCUT2D eigenvalue weighted by molar-refractivity contribution is -0.117. The molecule has 4 rings (SSSR count).